The smallest absolute Gasteiger partial charge is 0.305 e. The van der Waals surface area contributed by atoms with Gasteiger partial charge in [0.05, 0.1) is 6.42 Å². The van der Waals surface area contributed by atoms with Crippen molar-refractivity contribution in [3.63, 3.8) is 0 Å². The molecule has 17 heavy (non-hydrogen) atoms. The first kappa shape index (κ1) is 11.6. The maximum atomic E-state index is 11.2. The highest BCUT2D eigenvalue weighted by molar-refractivity contribution is 5.68. The third-order valence-corrected chi connectivity index (χ3v) is 2.78. The number of anilines is 1. The van der Waals surface area contributed by atoms with Gasteiger partial charge in [-0.05, 0) is 25.7 Å². The number of rotatable bonds is 5. The molecule has 1 aromatic rings. The van der Waals surface area contributed by atoms with Crippen molar-refractivity contribution in [3.05, 3.63) is 22.2 Å². The van der Waals surface area contributed by atoms with Crippen LogP contribution in [0.1, 0.15) is 25.1 Å². The van der Waals surface area contributed by atoms with Crippen molar-refractivity contribution in [1.29, 1.82) is 0 Å². The van der Waals surface area contributed by atoms with Gasteiger partial charge in [0.2, 0.25) is 0 Å². The van der Waals surface area contributed by atoms with Crippen molar-refractivity contribution < 1.29 is 9.90 Å². The number of carbonyl (C=O) groups is 1. The van der Waals surface area contributed by atoms with Gasteiger partial charge in [-0.2, -0.15) is 0 Å². The molecule has 0 amide bonds. The van der Waals surface area contributed by atoms with E-state index in [-0.39, 0.29) is 18.0 Å². The lowest BCUT2D eigenvalue weighted by molar-refractivity contribution is -0.137. The van der Waals surface area contributed by atoms with E-state index in [0.29, 0.717) is 17.6 Å². The van der Waals surface area contributed by atoms with Crippen molar-refractivity contribution >= 4 is 11.8 Å². The molecule has 1 heterocycles. The predicted octanol–water partition coefficient (Wildman–Crippen LogP) is 0.744. The van der Waals surface area contributed by atoms with Gasteiger partial charge in [-0.3, -0.25) is 9.59 Å². The molecular formula is C11H15N3O3. The molecule has 0 spiro atoms. The number of hydrogen-bond donors (Lipinski definition) is 3. The van der Waals surface area contributed by atoms with Crippen LogP contribution in [0.4, 0.5) is 5.82 Å². The van der Waals surface area contributed by atoms with E-state index in [4.69, 9.17) is 5.11 Å². The monoisotopic (exact) mass is 237 g/mol. The predicted molar refractivity (Wildman–Crippen MR) is 62.0 cm³/mol. The Bertz CT molecular complexity index is 479. The number of carboxylic acid groups (broad SMARTS) is 1. The summed E-state index contributed by atoms with van der Waals surface area (Å²) in [6.07, 6.45) is 2.12. The van der Waals surface area contributed by atoms with Crippen LogP contribution in [-0.4, -0.2) is 27.1 Å². The summed E-state index contributed by atoms with van der Waals surface area (Å²) in [6.45, 7) is 1.69. The number of aromatic nitrogens is 2. The lowest BCUT2D eigenvalue weighted by Crippen LogP contribution is -2.27. The van der Waals surface area contributed by atoms with Crippen LogP contribution in [0.5, 0.6) is 0 Å². The second-order valence-electron chi connectivity index (χ2n) is 4.40. The highest BCUT2D eigenvalue weighted by Gasteiger charge is 2.32. The average Bonchev–Trinajstić information content (AvgIpc) is 2.96. The summed E-state index contributed by atoms with van der Waals surface area (Å²) in [4.78, 5) is 28.7. The Morgan fingerprint density at radius 3 is 2.94 bits per heavy atom. The van der Waals surface area contributed by atoms with Crippen LogP contribution in [-0.2, 0) is 4.79 Å². The van der Waals surface area contributed by atoms with Crippen LogP contribution in [0, 0.1) is 12.8 Å². The molecule has 1 fully saturated rings. The molecular weight excluding hydrogens is 222 g/mol. The molecule has 0 bridgehead atoms. The zero-order valence-electron chi connectivity index (χ0n) is 9.56. The summed E-state index contributed by atoms with van der Waals surface area (Å²) in [5, 5.41) is 11.9. The number of nitrogens with zero attached hydrogens (tertiary/aromatic N) is 1. The minimum atomic E-state index is -0.837. The lowest BCUT2D eigenvalue weighted by atomic mass is 10.1. The van der Waals surface area contributed by atoms with E-state index >= 15 is 0 Å². The van der Waals surface area contributed by atoms with E-state index in [1.165, 1.54) is 6.07 Å². The lowest BCUT2D eigenvalue weighted by Gasteiger charge is -2.16. The van der Waals surface area contributed by atoms with Gasteiger partial charge in [0.25, 0.3) is 5.56 Å². The molecule has 0 saturated heterocycles. The Balaban J connectivity index is 2.11. The minimum absolute atomic E-state index is 0.0538. The summed E-state index contributed by atoms with van der Waals surface area (Å²) in [5.41, 5.74) is -0.232. The summed E-state index contributed by atoms with van der Waals surface area (Å²) in [5.74, 6) is 0.512. The van der Waals surface area contributed by atoms with E-state index in [1.54, 1.807) is 6.92 Å². The number of hydrogen-bond acceptors (Lipinski definition) is 4. The van der Waals surface area contributed by atoms with Crippen LogP contribution in [0.25, 0.3) is 0 Å². The number of aryl methyl sites for hydroxylation is 1. The maximum Gasteiger partial charge on any atom is 0.305 e. The van der Waals surface area contributed by atoms with Crippen molar-refractivity contribution in [3.8, 4) is 0 Å². The average molecular weight is 237 g/mol. The summed E-state index contributed by atoms with van der Waals surface area (Å²) in [7, 11) is 0. The molecule has 1 aliphatic carbocycles. The highest BCUT2D eigenvalue weighted by atomic mass is 16.4. The van der Waals surface area contributed by atoms with Crippen molar-refractivity contribution in [2.45, 2.75) is 32.2 Å². The summed E-state index contributed by atoms with van der Waals surface area (Å²) >= 11 is 0. The van der Waals surface area contributed by atoms with Gasteiger partial charge in [0.15, 0.2) is 0 Å². The van der Waals surface area contributed by atoms with E-state index in [1.807, 2.05) is 0 Å². The van der Waals surface area contributed by atoms with Crippen LogP contribution in [0.15, 0.2) is 10.9 Å². The van der Waals surface area contributed by atoms with Crippen molar-refractivity contribution in [2.75, 3.05) is 5.32 Å². The molecule has 1 atom stereocenters. The molecule has 0 radical (unpaired) electrons. The number of carboxylic acids is 1. The van der Waals surface area contributed by atoms with Gasteiger partial charge >= 0.3 is 5.97 Å². The van der Waals surface area contributed by atoms with Crippen LogP contribution < -0.4 is 10.9 Å². The summed E-state index contributed by atoms with van der Waals surface area (Å²) in [6, 6.07) is 1.21. The number of aliphatic carboxylic acids is 1. The third kappa shape index (κ3) is 3.30. The van der Waals surface area contributed by atoms with E-state index in [0.717, 1.165) is 12.8 Å². The fourth-order valence-electron chi connectivity index (χ4n) is 1.87. The largest absolute Gasteiger partial charge is 0.481 e. The molecule has 2 rings (SSSR count). The Labute approximate surface area is 98.1 Å². The zero-order chi connectivity index (χ0) is 12.4. The molecule has 6 nitrogen and oxygen atoms in total. The number of nitrogens with one attached hydrogen (secondary N) is 2. The van der Waals surface area contributed by atoms with Gasteiger partial charge < -0.3 is 15.4 Å². The van der Waals surface area contributed by atoms with Crippen molar-refractivity contribution in [1.82, 2.24) is 9.97 Å². The number of H-pyrrole nitrogens is 1. The maximum absolute atomic E-state index is 11.2. The highest BCUT2D eigenvalue weighted by Crippen LogP contribution is 2.35. The number of aromatic amines is 1. The molecule has 1 saturated carbocycles. The van der Waals surface area contributed by atoms with E-state index < -0.39 is 5.97 Å². The van der Waals surface area contributed by atoms with Crippen LogP contribution in [0.2, 0.25) is 0 Å². The minimum Gasteiger partial charge on any atom is -0.481 e. The summed E-state index contributed by atoms with van der Waals surface area (Å²) < 4.78 is 0. The molecule has 1 unspecified atom stereocenters. The fourth-order valence-corrected chi connectivity index (χ4v) is 1.87. The Morgan fingerprint density at radius 2 is 2.41 bits per heavy atom. The first-order chi connectivity index (χ1) is 8.04. The fraction of sp³-hybridized carbons (Fsp3) is 0.545. The SMILES string of the molecule is Cc1nc(NC(CC(=O)O)C2CC2)cc(=O)[nH]1. The van der Waals surface area contributed by atoms with Crippen LogP contribution in [0.3, 0.4) is 0 Å². The Hall–Kier alpha value is -1.85. The van der Waals surface area contributed by atoms with E-state index in [2.05, 4.69) is 15.3 Å². The van der Waals surface area contributed by atoms with Gasteiger partial charge in [0, 0.05) is 12.1 Å². The quantitative estimate of drug-likeness (QED) is 0.702. The first-order valence-corrected chi connectivity index (χ1v) is 5.61. The molecule has 3 N–H and O–H groups in total. The van der Waals surface area contributed by atoms with E-state index in [9.17, 15) is 9.59 Å². The van der Waals surface area contributed by atoms with Crippen LogP contribution >= 0.6 is 0 Å². The standard InChI is InChI=1S/C11H15N3O3/c1-6-12-9(5-10(15)13-6)14-8(4-11(16)17)7-2-3-7/h5,7-8H,2-4H2,1H3,(H,16,17)(H2,12,13,14,15). The van der Waals surface area contributed by atoms with Gasteiger partial charge in [-0.15, -0.1) is 0 Å². The Morgan fingerprint density at radius 1 is 1.71 bits per heavy atom. The topological polar surface area (TPSA) is 95.1 Å². The molecule has 6 heteroatoms. The second kappa shape index (κ2) is 4.57. The molecule has 1 aliphatic rings. The zero-order valence-corrected chi connectivity index (χ0v) is 9.56. The molecule has 0 aliphatic heterocycles. The molecule has 92 valence electrons. The van der Waals surface area contributed by atoms with Gasteiger partial charge in [-0.25, -0.2) is 4.98 Å². The third-order valence-electron chi connectivity index (χ3n) is 2.78. The molecule has 0 aromatic carbocycles. The van der Waals surface area contributed by atoms with Crippen molar-refractivity contribution in [2.24, 2.45) is 5.92 Å². The second-order valence-corrected chi connectivity index (χ2v) is 4.40. The Kier molecular flexibility index (Phi) is 3.12. The normalized spacial score (nSPS) is 16.5. The van der Waals surface area contributed by atoms with Gasteiger partial charge in [0.1, 0.15) is 11.6 Å². The van der Waals surface area contributed by atoms with Gasteiger partial charge in [-0.1, -0.05) is 0 Å². The first-order valence-electron chi connectivity index (χ1n) is 5.61. The molecule has 1 aromatic heterocycles.